The maximum Gasteiger partial charge on any atom is 0.337 e. The minimum atomic E-state index is -0.627. The van der Waals surface area contributed by atoms with Crippen LogP contribution >= 0.6 is 0 Å². The van der Waals surface area contributed by atoms with Crippen LogP contribution in [0.1, 0.15) is 10.4 Å². The van der Waals surface area contributed by atoms with Crippen molar-refractivity contribution in [3.63, 3.8) is 0 Å². The van der Waals surface area contributed by atoms with Crippen molar-refractivity contribution in [1.82, 2.24) is 4.98 Å². The maximum absolute atomic E-state index is 14.3. The van der Waals surface area contributed by atoms with Crippen molar-refractivity contribution in [2.75, 3.05) is 7.11 Å². The van der Waals surface area contributed by atoms with Gasteiger partial charge in [-0.1, -0.05) is 12.1 Å². The van der Waals surface area contributed by atoms with E-state index < -0.39 is 17.6 Å². The molecule has 0 N–H and O–H groups in total. The number of nitrogens with zero attached hydrogens (tertiary/aromatic N) is 1. The van der Waals surface area contributed by atoms with Gasteiger partial charge in [0.1, 0.15) is 11.6 Å². The maximum atomic E-state index is 14.3. The molecule has 0 spiro atoms. The predicted octanol–water partition coefficient (Wildman–Crippen LogP) is 3.97. The highest BCUT2D eigenvalue weighted by molar-refractivity contribution is 6.01. The van der Waals surface area contributed by atoms with E-state index in [-0.39, 0.29) is 16.7 Å². The molecule has 0 fully saturated rings. The van der Waals surface area contributed by atoms with E-state index in [0.717, 1.165) is 6.20 Å². The first-order chi connectivity index (χ1) is 10.6. The molecule has 0 saturated carbocycles. The monoisotopic (exact) mass is 299 g/mol. The largest absolute Gasteiger partial charge is 0.465 e. The summed E-state index contributed by atoms with van der Waals surface area (Å²) in [5.74, 6) is -1.73. The number of rotatable bonds is 2. The summed E-state index contributed by atoms with van der Waals surface area (Å²) in [5.41, 5.74) is 0.472. The summed E-state index contributed by atoms with van der Waals surface area (Å²) in [5, 5.41) is 1.13. The number of benzene rings is 2. The van der Waals surface area contributed by atoms with Gasteiger partial charge in [-0.25, -0.2) is 13.6 Å². The quantitative estimate of drug-likeness (QED) is 0.672. The van der Waals surface area contributed by atoms with Gasteiger partial charge in [0, 0.05) is 17.3 Å². The molecule has 110 valence electrons. The molecule has 0 aliphatic heterocycles. The summed E-state index contributed by atoms with van der Waals surface area (Å²) in [6, 6.07) is 9.00. The molecule has 0 aliphatic rings. The molecule has 0 unspecified atom stereocenters. The SMILES string of the molecule is COC(=O)c1ccc2ccc(F)c(-c3ccncc3F)c2c1. The van der Waals surface area contributed by atoms with Crippen LogP contribution in [0.5, 0.6) is 0 Å². The summed E-state index contributed by atoms with van der Waals surface area (Å²) < 4.78 is 33.0. The van der Waals surface area contributed by atoms with E-state index in [1.807, 2.05) is 0 Å². The molecule has 3 aromatic rings. The van der Waals surface area contributed by atoms with Gasteiger partial charge in [0.15, 0.2) is 0 Å². The minimum absolute atomic E-state index is 0.0973. The predicted molar refractivity (Wildman–Crippen MR) is 78.4 cm³/mol. The Morgan fingerprint density at radius 1 is 1.09 bits per heavy atom. The molecular formula is C17H11F2NO2. The standard InChI is InChI=1S/C17H11F2NO2/c1-22-17(21)11-3-2-10-4-5-14(18)16(13(10)8-11)12-6-7-20-9-15(12)19/h2-9H,1H3. The topological polar surface area (TPSA) is 39.2 Å². The zero-order chi connectivity index (χ0) is 15.7. The molecular weight excluding hydrogens is 288 g/mol. The van der Waals surface area contributed by atoms with Gasteiger partial charge in [0.25, 0.3) is 0 Å². The highest BCUT2D eigenvalue weighted by atomic mass is 19.1. The van der Waals surface area contributed by atoms with Gasteiger partial charge in [0.2, 0.25) is 0 Å². The number of ether oxygens (including phenoxy) is 1. The molecule has 0 radical (unpaired) electrons. The lowest BCUT2D eigenvalue weighted by Gasteiger charge is -2.10. The smallest absolute Gasteiger partial charge is 0.337 e. The molecule has 0 aliphatic carbocycles. The summed E-state index contributed by atoms with van der Waals surface area (Å²) in [7, 11) is 1.27. The number of methoxy groups -OCH3 is 1. The van der Waals surface area contributed by atoms with Crippen LogP contribution in [0.25, 0.3) is 21.9 Å². The van der Waals surface area contributed by atoms with E-state index in [2.05, 4.69) is 9.72 Å². The molecule has 22 heavy (non-hydrogen) atoms. The second-order valence-corrected chi connectivity index (χ2v) is 4.71. The Hall–Kier alpha value is -2.82. The molecule has 1 aromatic heterocycles. The van der Waals surface area contributed by atoms with Gasteiger partial charge in [0.05, 0.1) is 18.9 Å². The zero-order valence-corrected chi connectivity index (χ0v) is 11.6. The Kier molecular flexibility index (Phi) is 3.55. The van der Waals surface area contributed by atoms with E-state index in [1.54, 1.807) is 18.2 Å². The fourth-order valence-corrected chi connectivity index (χ4v) is 2.39. The number of fused-ring (bicyclic) bond motifs is 1. The second-order valence-electron chi connectivity index (χ2n) is 4.71. The van der Waals surface area contributed by atoms with E-state index in [1.165, 1.54) is 31.5 Å². The molecule has 3 rings (SSSR count). The van der Waals surface area contributed by atoms with Crippen molar-refractivity contribution in [2.24, 2.45) is 0 Å². The molecule has 0 saturated heterocycles. The summed E-state index contributed by atoms with van der Waals surface area (Å²) >= 11 is 0. The molecule has 0 bridgehead atoms. The Morgan fingerprint density at radius 2 is 1.86 bits per heavy atom. The van der Waals surface area contributed by atoms with Gasteiger partial charge in [-0.05, 0) is 35.0 Å². The number of esters is 1. The van der Waals surface area contributed by atoms with Crippen LogP contribution in [0.4, 0.5) is 8.78 Å². The summed E-state index contributed by atoms with van der Waals surface area (Å²) in [4.78, 5) is 15.3. The average Bonchev–Trinajstić information content (AvgIpc) is 2.54. The lowest BCUT2D eigenvalue weighted by Crippen LogP contribution is -2.01. The van der Waals surface area contributed by atoms with Gasteiger partial charge in [-0.2, -0.15) is 0 Å². The normalized spacial score (nSPS) is 10.7. The number of pyridine rings is 1. The highest BCUT2D eigenvalue weighted by Crippen LogP contribution is 2.33. The molecule has 5 heteroatoms. The van der Waals surface area contributed by atoms with Crippen molar-refractivity contribution < 1.29 is 18.3 Å². The van der Waals surface area contributed by atoms with Crippen molar-refractivity contribution in [3.8, 4) is 11.1 Å². The first-order valence-corrected chi connectivity index (χ1v) is 6.52. The lowest BCUT2D eigenvalue weighted by molar-refractivity contribution is 0.0601. The van der Waals surface area contributed by atoms with Gasteiger partial charge < -0.3 is 4.74 Å². The summed E-state index contributed by atoms with van der Waals surface area (Å²) in [6.07, 6.45) is 2.42. The van der Waals surface area contributed by atoms with Crippen LogP contribution < -0.4 is 0 Å². The molecule has 0 amide bonds. The average molecular weight is 299 g/mol. The molecule has 1 heterocycles. The molecule has 3 nitrogen and oxygen atoms in total. The van der Waals surface area contributed by atoms with Crippen molar-refractivity contribution >= 4 is 16.7 Å². The fraction of sp³-hybridized carbons (Fsp3) is 0.0588. The second kappa shape index (κ2) is 5.52. The summed E-state index contributed by atoms with van der Waals surface area (Å²) in [6.45, 7) is 0. The third-order valence-corrected chi connectivity index (χ3v) is 3.43. The number of carbonyl (C=O) groups excluding carboxylic acids is 1. The van der Waals surface area contributed by atoms with Crippen LogP contribution in [-0.4, -0.2) is 18.1 Å². The Morgan fingerprint density at radius 3 is 2.59 bits per heavy atom. The first-order valence-electron chi connectivity index (χ1n) is 6.52. The van der Waals surface area contributed by atoms with Crippen LogP contribution in [0.3, 0.4) is 0 Å². The van der Waals surface area contributed by atoms with E-state index >= 15 is 0 Å². The van der Waals surface area contributed by atoms with E-state index in [9.17, 15) is 13.6 Å². The van der Waals surface area contributed by atoms with Crippen LogP contribution in [-0.2, 0) is 4.74 Å². The lowest BCUT2D eigenvalue weighted by atomic mass is 9.96. The number of halogens is 2. The number of aromatic nitrogens is 1. The Bertz CT molecular complexity index is 878. The van der Waals surface area contributed by atoms with Crippen molar-refractivity contribution in [2.45, 2.75) is 0 Å². The highest BCUT2D eigenvalue weighted by Gasteiger charge is 2.16. The van der Waals surface area contributed by atoms with Crippen LogP contribution in [0, 0.1) is 11.6 Å². The zero-order valence-electron chi connectivity index (χ0n) is 11.6. The third-order valence-electron chi connectivity index (χ3n) is 3.43. The number of hydrogen-bond acceptors (Lipinski definition) is 3. The fourth-order valence-electron chi connectivity index (χ4n) is 2.39. The van der Waals surface area contributed by atoms with Crippen molar-refractivity contribution in [1.29, 1.82) is 0 Å². The van der Waals surface area contributed by atoms with E-state index in [4.69, 9.17) is 0 Å². The van der Waals surface area contributed by atoms with Crippen molar-refractivity contribution in [3.05, 3.63) is 66.0 Å². The molecule has 2 aromatic carbocycles. The molecule has 0 atom stereocenters. The third kappa shape index (κ3) is 2.30. The minimum Gasteiger partial charge on any atom is -0.465 e. The Labute approximate surface area is 125 Å². The Balaban J connectivity index is 2.35. The van der Waals surface area contributed by atoms with E-state index in [0.29, 0.717) is 10.8 Å². The number of hydrogen-bond donors (Lipinski definition) is 0. The van der Waals surface area contributed by atoms with Gasteiger partial charge >= 0.3 is 5.97 Å². The van der Waals surface area contributed by atoms with Gasteiger partial charge in [-0.15, -0.1) is 0 Å². The first kappa shape index (κ1) is 14.1. The van der Waals surface area contributed by atoms with Gasteiger partial charge in [-0.3, -0.25) is 4.98 Å². The number of carbonyl (C=O) groups is 1. The van der Waals surface area contributed by atoms with Crippen LogP contribution in [0.2, 0.25) is 0 Å². The van der Waals surface area contributed by atoms with Crippen LogP contribution in [0.15, 0.2) is 48.8 Å².